The summed E-state index contributed by atoms with van der Waals surface area (Å²) in [5, 5.41) is -0.285. The molecule has 1 saturated heterocycles. The number of ether oxygens (including phenoxy) is 3. The van der Waals surface area contributed by atoms with Gasteiger partial charge in [0.25, 0.3) is 5.88 Å². The summed E-state index contributed by atoms with van der Waals surface area (Å²) in [4.78, 5) is 10.9. The van der Waals surface area contributed by atoms with Crippen LogP contribution in [-0.2, 0) is 6.54 Å². The van der Waals surface area contributed by atoms with Crippen molar-refractivity contribution in [2.75, 3.05) is 19.8 Å². The minimum atomic E-state index is -0.395. The number of aryl methyl sites for hydroxylation is 2. The molecule has 28 heavy (non-hydrogen) atoms. The molecule has 4 heterocycles. The highest BCUT2D eigenvalue weighted by Crippen LogP contribution is 2.33. The molecular formula is C20H23FN3O3Si. The maximum Gasteiger partial charge on any atom is 0.257 e. The summed E-state index contributed by atoms with van der Waals surface area (Å²) in [7, 11) is 3.86. The van der Waals surface area contributed by atoms with Crippen LogP contribution in [0.1, 0.15) is 30.4 Å². The summed E-state index contributed by atoms with van der Waals surface area (Å²) in [6.07, 6.45) is 0.573. The van der Waals surface area contributed by atoms with E-state index in [1.165, 1.54) is 0 Å². The van der Waals surface area contributed by atoms with Gasteiger partial charge in [-0.25, -0.2) is 9.37 Å². The first-order valence-electron chi connectivity index (χ1n) is 9.38. The van der Waals surface area contributed by atoms with Gasteiger partial charge in [-0.3, -0.25) is 9.88 Å². The van der Waals surface area contributed by atoms with Crippen molar-refractivity contribution in [2.45, 2.75) is 45.0 Å². The van der Waals surface area contributed by atoms with E-state index >= 15 is 0 Å². The highest BCUT2D eigenvalue weighted by molar-refractivity contribution is 6.15. The lowest BCUT2D eigenvalue weighted by Gasteiger charge is -2.30. The van der Waals surface area contributed by atoms with E-state index in [-0.39, 0.29) is 17.0 Å². The van der Waals surface area contributed by atoms with Crippen molar-refractivity contribution < 1.29 is 18.6 Å². The van der Waals surface area contributed by atoms with E-state index in [0.29, 0.717) is 50.0 Å². The van der Waals surface area contributed by atoms with Crippen LogP contribution >= 0.6 is 0 Å². The van der Waals surface area contributed by atoms with E-state index in [1.807, 2.05) is 19.1 Å². The smallest absolute Gasteiger partial charge is 0.257 e. The Hall–Kier alpha value is -2.19. The normalized spacial score (nSPS) is 24.4. The Morgan fingerprint density at radius 3 is 2.89 bits per heavy atom. The fraction of sp³-hybridized carbons (Fsp3) is 0.500. The molecule has 147 valence electrons. The van der Waals surface area contributed by atoms with Crippen molar-refractivity contribution in [3.63, 3.8) is 0 Å². The molecule has 0 bridgehead atoms. The van der Waals surface area contributed by atoms with Crippen molar-refractivity contribution in [1.82, 2.24) is 14.9 Å². The predicted molar refractivity (Wildman–Crippen MR) is 102 cm³/mol. The molecule has 2 atom stereocenters. The summed E-state index contributed by atoms with van der Waals surface area (Å²) in [5.74, 6) is 1.08. The zero-order valence-electron chi connectivity index (χ0n) is 16.3. The molecule has 6 nitrogen and oxygen atoms in total. The molecular weight excluding hydrogens is 377 g/mol. The Morgan fingerprint density at radius 2 is 2.07 bits per heavy atom. The molecule has 4 rings (SSSR count). The van der Waals surface area contributed by atoms with Gasteiger partial charge in [0.15, 0.2) is 17.3 Å². The van der Waals surface area contributed by atoms with E-state index in [2.05, 4.69) is 32.0 Å². The van der Waals surface area contributed by atoms with E-state index in [4.69, 9.17) is 14.2 Å². The van der Waals surface area contributed by atoms with Crippen LogP contribution in [-0.4, -0.2) is 56.1 Å². The molecule has 2 aromatic heterocycles. The molecule has 0 saturated carbocycles. The SMILES string of the molecule is Cc1cc(O[C@H]2CN(Cc3ccc4c(n3)OCCO4)[C@](C)([Si])C2)c(F)c(C)n1. The van der Waals surface area contributed by atoms with Gasteiger partial charge in [0, 0.05) is 36.4 Å². The number of rotatable bonds is 4. The Labute approximate surface area is 167 Å². The van der Waals surface area contributed by atoms with Gasteiger partial charge in [-0.15, -0.1) is 0 Å². The minimum Gasteiger partial charge on any atom is -0.486 e. The second-order valence-electron chi connectivity index (χ2n) is 7.56. The van der Waals surface area contributed by atoms with Crippen molar-refractivity contribution in [1.29, 1.82) is 0 Å². The second-order valence-corrected chi connectivity index (χ2v) is 8.64. The van der Waals surface area contributed by atoms with Crippen LogP contribution in [0, 0.1) is 19.7 Å². The second kappa shape index (κ2) is 7.33. The Kier molecular flexibility index (Phi) is 5.01. The quantitative estimate of drug-likeness (QED) is 0.736. The van der Waals surface area contributed by atoms with Crippen LogP contribution in [0.5, 0.6) is 17.4 Å². The fourth-order valence-electron chi connectivity index (χ4n) is 3.70. The lowest BCUT2D eigenvalue weighted by atomic mass is 10.2. The highest BCUT2D eigenvalue weighted by atomic mass is 28.1. The maximum atomic E-state index is 14.4. The summed E-state index contributed by atoms with van der Waals surface area (Å²) in [6, 6.07) is 5.49. The number of fused-ring (bicyclic) bond motifs is 1. The topological polar surface area (TPSA) is 56.7 Å². The maximum absolute atomic E-state index is 14.4. The number of aromatic nitrogens is 2. The van der Waals surface area contributed by atoms with Crippen molar-refractivity contribution >= 4 is 10.2 Å². The lowest BCUT2D eigenvalue weighted by Crippen LogP contribution is -2.41. The molecule has 8 heteroatoms. The molecule has 0 unspecified atom stereocenters. The molecule has 3 radical (unpaired) electrons. The van der Waals surface area contributed by atoms with Crippen LogP contribution < -0.4 is 14.2 Å². The molecule has 0 aliphatic carbocycles. The standard InChI is InChI=1S/C20H23FN3O3Si/c1-12-8-17(18(21)13(2)22-12)27-15-9-20(3,28)24(11-15)10-14-4-5-16-19(23-14)26-7-6-25-16/h4-5,8,15H,6-7,9-11H2,1-3H3/t15-,20-/m1/s1. The Bertz CT molecular complexity index is 893. The molecule has 2 aromatic rings. The largest absolute Gasteiger partial charge is 0.486 e. The summed E-state index contributed by atoms with van der Waals surface area (Å²) < 4.78 is 31.5. The first kappa shape index (κ1) is 19.1. The van der Waals surface area contributed by atoms with Gasteiger partial charge in [0.1, 0.15) is 19.3 Å². The van der Waals surface area contributed by atoms with Gasteiger partial charge >= 0.3 is 0 Å². The van der Waals surface area contributed by atoms with Crippen LogP contribution in [0.15, 0.2) is 18.2 Å². The third-order valence-electron chi connectivity index (χ3n) is 5.07. The predicted octanol–water partition coefficient (Wildman–Crippen LogP) is 2.54. The van der Waals surface area contributed by atoms with Crippen LogP contribution in [0.2, 0.25) is 0 Å². The average Bonchev–Trinajstić information content (AvgIpc) is 2.92. The molecule has 0 amide bonds. The van der Waals surface area contributed by atoms with E-state index in [9.17, 15) is 4.39 Å². The zero-order valence-corrected chi connectivity index (χ0v) is 17.3. The Morgan fingerprint density at radius 1 is 1.29 bits per heavy atom. The molecule has 2 aliphatic heterocycles. The van der Waals surface area contributed by atoms with Crippen molar-refractivity contribution in [3.8, 4) is 17.4 Å². The average molecular weight is 401 g/mol. The van der Waals surface area contributed by atoms with Gasteiger partial charge in [-0.05, 0) is 26.0 Å². The summed E-state index contributed by atoms with van der Waals surface area (Å²) in [6.45, 7) is 7.89. The zero-order chi connectivity index (χ0) is 19.9. The monoisotopic (exact) mass is 400 g/mol. The van der Waals surface area contributed by atoms with E-state index in [1.54, 1.807) is 13.0 Å². The van der Waals surface area contributed by atoms with Crippen LogP contribution in [0.3, 0.4) is 0 Å². The summed E-state index contributed by atoms with van der Waals surface area (Å²) >= 11 is 0. The van der Waals surface area contributed by atoms with E-state index in [0.717, 1.165) is 11.4 Å². The fourth-order valence-corrected chi connectivity index (χ4v) is 4.10. The first-order chi connectivity index (χ1) is 13.3. The number of hydrogen-bond donors (Lipinski definition) is 0. The number of hydrogen-bond acceptors (Lipinski definition) is 6. The number of nitrogens with zero attached hydrogens (tertiary/aromatic N) is 3. The molecule has 0 N–H and O–H groups in total. The van der Waals surface area contributed by atoms with Crippen LogP contribution in [0.4, 0.5) is 4.39 Å². The third kappa shape index (κ3) is 3.84. The molecule has 0 aromatic carbocycles. The molecule has 1 fully saturated rings. The highest BCUT2D eigenvalue weighted by Gasteiger charge is 2.40. The Balaban J connectivity index is 1.48. The van der Waals surface area contributed by atoms with Gasteiger partial charge < -0.3 is 14.2 Å². The van der Waals surface area contributed by atoms with Gasteiger partial charge in [0.2, 0.25) is 0 Å². The lowest BCUT2D eigenvalue weighted by molar-refractivity contribution is 0.161. The number of pyridine rings is 2. The molecule has 0 spiro atoms. The van der Waals surface area contributed by atoms with Gasteiger partial charge in [-0.1, -0.05) is 6.92 Å². The molecule has 2 aliphatic rings. The minimum absolute atomic E-state index is 0.143. The van der Waals surface area contributed by atoms with E-state index < -0.39 is 5.82 Å². The number of likely N-dealkylation sites (tertiary alicyclic amines) is 1. The third-order valence-corrected chi connectivity index (χ3v) is 5.59. The van der Waals surface area contributed by atoms with Gasteiger partial charge in [-0.2, -0.15) is 0 Å². The van der Waals surface area contributed by atoms with Gasteiger partial charge in [0.05, 0.1) is 21.6 Å². The first-order valence-corrected chi connectivity index (χ1v) is 9.88. The summed E-state index contributed by atoms with van der Waals surface area (Å²) in [5.41, 5.74) is 1.98. The van der Waals surface area contributed by atoms with Crippen molar-refractivity contribution in [2.24, 2.45) is 0 Å². The van der Waals surface area contributed by atoms with Crippen LogP contribution in [0.25, 0.3) is 0 Å². The number of halogens is 1. The van der Waals surface area contributed by atoms with Crippen molar-refractivity contribution in [3.05, 3.63) is 41.1 Å².